The Labute approximate surface area is 128 Å². The van der Waals surface area contributed by atoms with E-state index in [0.717, 1.165) is 36.6 Å². The molecule has 1 aromatic heterocycles. The third kappa shape index (κ3) is 2.99. The first-order valence-corrected chi connectivity index (χ1v) is 8.03. The topological polar surface area (TPSA) is 53.4 Å². The third-order valence-electron chi connectivity index (χ3n) is 3.73. The Hall–Kier alpha value is -1.72. The lowest BCUT2D eigenvalue weighted by molar-refractivity contribution is 0.0697. The Morgan fingerprint density at radius 3 is 2.81 bits per heavy atom. The molecule has 0 saturated carbocycles. The van der Waals surface area contributed by atoms with Gasteiger partial charge in [0.25, 0.3) is 0 Å². The molecule has 2 aromatic rings. The van der Waals surface area contributed by atoms with E-state index in [1.807, 2.05) is 12.1 Å². The van der Waals surface area contributed by atoms with Crippen molar-refractivity contribution < 1.29 is 9.90 Å². The van der Waals surface area contributed by atoms with Crippen molar-refractivity contribution in [1.82, 2.24) is 9.88 Å². The second-order valence-electron chi connectivity index (χ2n) is 5.30. The smallest absolute Gasteiger partial charge is 0.335 e. The predicted molar refractivity (Wildman–Crippen MR) is 83.8 cm³/mol. The lowest BCUT2D eigenvalue weighted by Crippen LogP contribution is -2.30. The molecule has 1 aromatic carbocycles. The van der Waals surface area contributed by atoms with Gasteiger partial charge in [-0.05, 0) is 25.1 Å². The van der Waals surface area contributed by atoms with Crippen molar-refractivity contribution in [3.8, 4) is 10.6 Å². The summed E-state index contributed by atoms with van der Waals surface area (Å²) in [6, 6.07) is 6.97. The van der Waals surface area contributed by atoms with Gasteiger partial charge in [-0.25, -0.2) is 9.78 Å². The molecule has 4 nitrogen and oxygen atoms in total. The number of benzene rings is 1. The van der Waals surface area contributed by atoms with E-state index in [0.29, 0.717) is 5.56 Å². The third-order valence-corrected chi connectivity index (χ3v) is 4.86. The Balaban J connectivity index is 1.83. The summed E-state index contributed by atoms with van der Waals surface area (Å²) in [5, 5.41) is 9.94. The minimum Gasteiger partial charge on any atom is -0.478 e. The first-order valence-electron chi connectivity index (χ1n) is 7.22. The van der Waals surface area contributed by atoms with E-state index in [1.54, 1.807) is 23.5 Å². The summed E-state index contributed by atoms with van der Waals surface area (Å²) in [7, 11) is 0. The largest absolute Gasteiger partial charge is 0.478 e. The minimum absolute atomic E-state index is 0.314. The molecule has 0 atom stereocenters. The number of hydrogen-bond acceptors (Lipinski definition) is 4. The van der Waals surface area contributed by atoms with Gasteiger partial charge >= 0.3 is 5.97 Å². The molecule has 0 amide bonds. The molecule has 1 N–H and O–H groups in total. The van der Waals surface area contributed by atoms with Crippen LogP contribution >= 0.6 is 11.3 Å². The monoisotopic (exact) mass is 302 g/mol. The Morgan fingerprint density at radius 2 is 2.14 bits per heavy atom. The van der Waals surface area contributed by atoms with Crippen LogP contribution < -0.4 is 0 Å². The summed E-state index contributed by atoms with van der Waals surface area (Å²) >= 11 is 1.73. The van der Waals surface area contributed by atoms with Crippen molar-refractivity contribution in [2.45, 2.75) is 26.3 Å². The normalized spacial score (nSPS) is 14.9. The molecule has 0 fully saturated rings. The summed E-state index contributed by atoms with van der Waals surface area (Å²) in [5.41, 5.74) is 2.53. The van der Waals surface area contributed by atoms with Gasteiger partial charge in [-0.15, -0.1) is 11.3 Å². The number of carboxylic acid groups (broad SMARTS) is 1. The van der Waals surface area contributed by atoms with Gasteiger partial charge in [0.05, 0.1) is 11.3 Å². The van der Waals surface area contributed by atoms with Crippen LogP contribution in [0.4, 0.5) is 0 Å². The molecule has 0 unspecified atom stereocenters. The number of aromatic nitrogens is 1. The summed E-state index contributed by atoms with van der Waals surface area (Å²) < 4.78 is 0. The van der Waals surface area contributed by atoms with Gasteiger partial charge in [0.15, 0.2) is 0 Å². The van der Waals surface area contributed by atoms with Gasteiger partial charge < -0.3 is 5.11 Å². The SMILES string of the molecule is CCCN1CCc2nc(-c3ccc(C(=O)O)cc3)sc2C1. The van der Waals surface area contributed by atoms with Gasteiger partial charge in [-0.2, -0.15) is 0 Å². The highest BCUT2D eigenvalue weighted by Gasteiger charge is 2.20. The van der Waals surface area contributed by atoms with E-state index >= 15 is 0 Å². The lowest BCUT2D eigenvalue weighted by atomic mass is 10.1. The highest BCUT2D eigenvalue weighted by atomic mass is 32.1. The van der Waals surface area contributed by atoms with E-state index in [1.165, 1.54) is 17.0 Å². The summed E-state index contributed by atoms with van der Waals surface area (Å²) in [5.74, 6) is -0.893. The standard InChI is InChI=1S/C16H18N2O2S/c1-2-8-18-9-7-13-14(10-18)21-15(17-13)11-3-5-12(6-4-11)16(19)20/h3-6H,2,7-10H2,1H3,(H,19,20). The van der Waals surface area contributed by atoms with E-state index in [-0.39, 0.29) is 0 Å². The molecule has 2 heterocycles. The fourth-order valence-electron chi connectivity index (χ4n) is 2.63. The number of rotatable bonds is 4. The summed E-state index contributed by atoms with van der Waals surface area (Å²) in [6.45, 7) is 5.42. The van der Waals surface area contributed by atoms with Crippen LogP contribution in [0.1, 0.15) is 34.3 Å². The van der Waals surface area contributed by atoms with Gasteiger partial charge in [0.2, 0.25) is 0 Å². The van der Waals surface area contributed by atoms with E-state index in [2.05, 4.69) is 11.8 Å². The van der Waals surface area contributed by atoms with Crippen molar-refractivity contribution in [2.75, 3.05) is 13.1 Å². The number of carbonyl (C=O) groups is 1. The maximum atomic E-state index is 10.9. The van der Waals surface area contributed by atoms with E-state index in [4.69, 9.17) is 10.1 Å². The number of hydrogen-bond donors (Lipinski definition) is 1. The summed E-state index contributed by atoms with van der Waals surface area (Å²) in [4.78, 5) is 19.4. The molecule has 21 heavy (non-hydrogen) atoms. The number of aromatic carboxylic acids is 1. The molecule has 5 heteroatoms. The quantitative estimate of drug-likeness (QED) is 0.941. The molecule has 0 radical (unpaired) electrons. The molecule has 1 aliphatic heterocycles. The minimum atomic E-state index is -0.893. The highest BCUT2D eigenvalue weighted by molar-refractivity contribution is 7.15. The average Bonchev–Trinajstić information content (AvgIpc) is 2.91. The molecule has 0 saturated heterocycles. The van der Waals surface area contributed by atoms with Crippen molar-refractivity contribution in [3.05, 3.63) is 40.4 Å². The van der Waals surface area contributed by atoms with Crippen LogP contribution in [-0.2, 0) is 13.0 Å². The zero-order chi connectivity index (χ0) is 14.8. The van der Waals surface area contributed by atoms with Gasteiger partial charge in [-0.1, -0.05) is 19.1 Å². The molecule has 0 aliphatic carbocycles. The zero-order valence-electron chi connectivity index (χ0n) is 12.0. The first kappa shape index (κ1) is 14.2. The van der Waals surface area contributed by atoms with Crippen LogP contribution in [-0.4, -0.2) is 34.0 Å². The highest BCUT2D eigenvalue weighted by Crippen LogP contribution is 2.31. The molecular formula is C16H18N2O2S. The first-order chi connectivity index (χ1) is 10.2. The van der Waals surface area contributed by atoms with Gasteiger partial charge in [-0.3, -0.25) is 4.90 Å². The summed E-state index contributed by atoms with van der Waals surface area (Å²) in [6.07, 6.45) is 2.19. The molecule has 1 aliphatic rings. The van der Waals surface area contributed by atoms with E-state index in [9.17, 15) is 4.79 Å². The number of fused-ring (bicyclic) bond motifs is 1. The molecule has 3 rings (SSSR count). The fraction of sp³-hybridized carbons (Fsp3) is 0.375. The Kier molecular flexibility index (Phi) is 4.03. The van der Waals surface area contributed by atoms with E-state index < -0.39 is 5.97 Å². The van der Waals surface area contributed by atoms with Crippen LogP contribution in [0.15, 0.2) is 24.3 Å². The maximum Gasteiger partial charge on any atom is 0.335 e. The fourth-order valence-corrected chi connectivity index (χ4v) is 3.79. The van der Waals surface area contributed by atoms with Crippen LogP contribution in [0.25, 0.3) is 10.6 Å². The second-order valence-corrected chi connectivity index (χ2v) is 6.38. The molecular weight excluding hydrogens is 284 g/mol. The van der Waals surface area contributed by atoms with Crippen LogP contribution in [0.2, 0.25) is 0 Å². The van der Waals surface area contributed by atoms with Crippen molar-refractivity contribution in [2.24, 2.45) is 0 Å². The van der Waals surface area contributed by atoms with Gasteiger partial charge in [0, 0.05) is 30.0 Å². The van der Waals surface area contributed by atoms with Crippen molar-refractivity contribution in [1.29, 1.82) is 0 Å². The molecule has 0 bridgehead atoms. The lowest BCUT2D eigenvalue weighted by Gasteiger charge is -2.25. The van der Waals surface area contributed by atoms with Crippen molar-refractivity contribution >= 4 is 17.3 Å². The Bertz CT molecular complexity index is 649. The average molecular weight is 302 g/mol. The Morgan fingerprint density at radius 1 is 1.38 bits per heavy atom. The second kappa shape index (κ2) is 5.95. The number of carboxylic acids is 1. The van der Waals surface area contributed by atoms with Crippen LogP contribution in [0.5, 0.6) is 0 Å². The molecule has 0 spiro atoms. The number of nitrogens with zero attached hydrogens (tertiary/aromatic N) is 2. The van der Waals surface area contributed by atoms with Crippen molar-refractivity contribution in [3.63, 3.8) is 0 Å². The number of thiazole rings is 1. The van der Waals surface area contributed by atoms with Crippen LogP contribution in [0, 0.1) is 0 Å². The molecule has 110 valence electrons. The van der Waals surface area contributed by atoms with Gasteiger partial charge in [0.1, 0.15) is 5.01 Å². The van der Waals surface area contributed by atoms with Crippen LogP contribution in [0.3, 0.4) is 0 Å². The maximum absolute atomic E-state index is 10.9. The predicted octanol–water partition coefficient (Wildman–Crippen LogP) is 3.28. The zero-order valence-corrected chi connectivity index (χ0v) is 12.8.